The molecule has 2 rings (SSSR count). The highest BCUT2D eigenvalue weighted by Gasteiger charge is 2.09. The van der Waals surface area contributed by atoms with E-state index in [4.69, 9.17) is 5.73 Å². The fraction of sp³-hybridized carbons (Fsp3) is 0.250. The molecule has 0 bridgehead atoms. The number of nitrogen functional groups attached to an aromatic ring is 1. The van der Waals surface area contributed by atoms with E-state index in [1.807, 2.05) is 0 Å². The molecule has 2 aromatic carbocycles. The number of nitrogens with one attached hydrogen (secondary N) is 1. The van der Waals surface area contributed by atoms with Crippen LogP contribution in [0.25, 0.3) is 0 Å². The van der Waals surface area contributed by atoms with E-state index in [9.17, 15) is 4.39 Å². The van der Waals surface area contributed by atoms with E-state index >= 15 is 0 Å². The molecule has 0 amide bonds. The monoisotopic (exact) mass is 258 g/mol. The van der Waals surface area contributed by atoms with Crippen molar-refractivity contribution in [3.05, 3.63) is 58.9 Å². The van der Waals surface area contributed by atoms with E-state index in [1.54, 1.807) is 13.0 Å². The Morgan fingerprint density at radius 1 is 1.11 bits per heavy atom. The SMILES string of the molecule is Cc1ccc(C(C)Nc2cc(C)c(F)cc2N)cc1. The zero-order chi connectivity index (χ0) is 14.0. The van der Waals surface area contributed by atoms with Crippen LogP contribution in [0.5, 0.6) is 0 Å². The van der Waals surface area contributed by atoms with Crippen molar-refractivity contribution in [3.63, 3.8) is 0 Å². The lowest BCUT2D eigenvalue weighted by atomic mass is 10.1. The van der Waals surface area contributed by atoms with Crippen LogP contribution in [-0.2, 0) is 0 Å². The Morgan fingerprint density at radius 2 is 1.74 bits per heavy atom. The lowest BCUT2D eigenvalue weighted by molar-refractivity contribution is 0.619. The molecular weight excluding hydrogens is 239 g/mol. The first-order valence-electron chi connectivity index (χ1n) is 6.36. The average Bonchev–Trinajstić information content (AvgIpc) is 2.36. The van der Waals surface area contributed by atoms with E-state index in [1.165, 1.54) is 17.2 Å². The van der Waals surface area contributed by atoms with E-state index in [0.29, 0.717) is 11.3 Å². The number of anilines is 2. The molecule has 1 atom stereocenters. The maximum absolute atomic E-state index is 13.4. The molecule has 2 aromatic rings. The second-order valence-corrected chi connectivity index (χ2v) is 4.97. The zero-order valence-corrected chi connectivity index (χ0v) is 11.5. The maximum Gasteiger partial charge on any atom is 0.128 e. The Labute approximate surface area is 113 Å². The predicted molar refractivity (Wildman–Crippen MR) is 78.8 cm³/mol. The van der Waals surface area contributed by atoms with Gasteiger partial charge >= 0.3 is 0 Å². The lowest BCUT2D eigenvalue weighted by Gasteiger charge is -2.18. The highest BCUT2D eigenvalue weighted by Crippen LogP contribution is 2.27. The average molecular weight is 258 g/mol. The van der Waals surface area contributed by atoms with Gasteiger partial charge in [0.2, 0.25) is 0 Å². The van der Waals surface area contributed by atoms with Gasteiger partial charge in [-0.15, -0.1) is 0 Å². The van der Waals surface area contributed by atoms with Gasteiger partial charge in [0.15, 0.2) is 0 Å². The van der Waals surface area contributed by atoms with Crippen molar-refractivity contribution in [3.8, 4) is 0 Å². The van der Waals surface area contributed by atoms with Gasteiger partial charge < -0.3 is 11.1 Å². The summed E-state index contributed by atoms with van der Waals surface area (Å²) in [6.45, 7) is 5.85. The number of rotatable bonds is 3. The van der Waals surface area contributed by atoms with Crippen LogP contribution in [0.2, 0.25) is 0 Å². The molecular formula is C16H19FN2. The Hall–Kier alpha value is -2.03. The molecule has 0 aliphatic rings. The Kier molecular flexibility index (Phi) is 3.74. The molecule has 0 aliphatic heterocycles. The molecule has 0 spiro atoms. The number of halogens is 1. The van der Waals surface area contributed by atoms with E-state index in [2.05, 4.69) is 43.4 Å². The van der Waals surface area contributed by atoms with Crippen LogP contribution >= 0.6 is 0 Å². The van der Waals surface area contributed by atoms with Crippen LogP contribution in [0.4, 0.5) is 15.8 Å². The summed E-state index contributed by atoms with van der Waals surface area (Å²) in [7, 11) is 0. The molecule has 0 fully saturated rings. The minimum Gasteiger partial charge on any atom is -0.397 e. The molecule has 100 valence electrons. The minimum absolute atomic E-state index is 0.118. The van der Waals surface area contributed by atoms with Crippen LogP contribution in [0.1, 0.15) is 29.7 Å². The Bertz CT molecular complexity index is 576. The van der Waals surface area contributed by atoms with Crippen LogP contribution in [-0.4, -0.2) is 0 Å². The Balaban J connectivity index is 2.21. The summed E-state index contributed by atoms with van der Waals surface area (Å²) in [4.78, 5) is 0. The van der Waals surface area contributed by atoms with Gasteiger partial charge in [0.05, 0.1) is 11.4 Å². The third-order valence-electron chi connectivity index (χ3n) is 3.28. The van der Waals surface area contributed by atoms with Gasteiger partial charge in [-0.25, -0.2) is 4.39 Å². The van der Waals surface area contributed by atoms with E-state index < -0.39 is 0 Å². The highest BCUT2D eigenvalue weighted by molar-refractivity contribution is 5.67. The fourth-order valence-corrected chi connectivity index (χ4v) is 1.99. The summed E-state index contributed by atoms with van der Waals surface area (Å²) in [5, 5.41) is 3.32. The zero-order valence-electron chi connectivity index (χ0n) is 11.5. The van der Waals surface area contributed by atoms with Gasteiger partial charge in [-0.2, -0.15) is 0 Å². The van der Waals surface area contributed by atoms with E-state index in [0.717, 1.165) is 5.69 Å². The van der Waals surface area contributed by atoms with Gasteiger partial charge in [0.1, 0.15) is 5.82 Å². The van der Waals surface area contributed by atoms with Gasteiger partial charge in [-0.3, -0.25) is 0 Å². The molecule has 0 saturated carbocycles. The lowest BCUT2D eigenvalue weighted by Crippen LogP contribution is -2.09. The number of hydrogen-bond donors (Lipinski definition) is 2. The molecule has 1 unspecified atom stereocenters. The second-order valence-electron chi connectivity index (χ2n) is 4.97. The van der Waals surface area contributed by atoms with Crippen LogP contribution in [0, 0.1) is 19.7 Å². The molecule has 0 saturated heterocycles. The third-order valence-corrected chi connectivity index (χ3v) is 3.28. The molecule has 3 heteroatoms. The Morgan fingerprint density at radius 3 is 2.37 bits per heavy atom. The van der Waals surface area contributed by atoms with Gasteiger partial charge in [0, 0.05) is 6.04 Å². The number of nitrogens with two attached hydrogens (primary N) is 1. The first-order valence-corrected chi connectivity index (χ1v) is 6.36. The second kappa shape index (κ2) is 5.31. The normalized spacial score (nSPS) is 12.2. The molecule has 2 nitrogen and oxygen atoms in total. The molecule has 0 heterocycles. The largest absolute Gasteiger partial charge is 0.397 e. The summed E-state index contributed by atoms with van der Waals surface area (Å²) < 4.78 is 13.4. The smallest absolute Gasteiger partial charge is 0.128 e. The summed E-state index contributed by atoms with van der Waals surface area (Å²) in [5.74, 6) is -0.272. The molecule has 3 N–H and O–H groups in total. The molecule has 0 aliphatic carbocycles. The number of aryl methyl sites for hydroxylation is 2. The number of benzene rings is 2. The maximum atomic E-state index is 13.4. The van der Waals surface area contributed by atoms with Crippen molar-refractivity contribution < 1.29 is 4.39 Å². The highest BCUT2D eigenvalue weighted by atomic mass is 19.1. The summed E-state index contributed by atoms with van der Waals surface area (Å²) in [6, 6.07) is 11.5. The van der Waals surface area contributed by atoms with Crippen LogP contribution in [0.3, 0.4) is 0 Å². The summed E-state index contributed by atoms with van der Waals surface area (Å²) >= 11 is 0. The number of hydrogen-bond acceptors (Lipinski definition) is 2. The van der Waals surface area contributed by atoms with Crippen LogP contribution < -0.4 is 11.1 Å². The summed E-state index contributed by atoms with van der Waals surface area (Å²) in [6.07, 6.45) is 0. The van der Waals surface area contributed by atoms with Crippen LogP contribution in [0.15, 0.2) is 36.4 Å². The standard InChI is InChI=1S/C16H19FN2/c1-10-4-6-13(7-5-10)12(3)19-16-8-11(2)14(17)9-15(16)18/h4-9,12,19H,18H2,1-3H3. The third kappa shape index (κ3) is 3.05. The predicted octanol–water partition coefficient (Wildman–Crippen LogP) is 4.20. The van der Waals surface area contributed by atoms with Gasteiger partial charge in [0.25, 0.3) is 0 Å². The topological polar surface area (TPSA) is 38.0 Å². The van der Waals surface area contributed by atoms with E-state index in [-0.39, 0.29) is 11.9 Å². The minimum atomic E-state index is -0.272. The fourth-order valence-electron chi connectivity index (χ4n) is 1.99. The van der Waals surface area contributed by atoms with Gasteiger partial charge in [-0.05, 0) is 44.0 Å². The molecule has 0 aromatic heterocycles. The first kappa shape index (κ1) is 13.4. The van der Waals surface area contributed by atoms with Crippen molar-refractivity contribution in [2.24, 2.45) is 0 Å². The van der Waals surface area contributed by atoms with Gasteiger partial charge in [-0.1, -0.05) is 29.8 Å². The van der Waals surface area contributed by atoms with Crippen molar-refractivity contribution in [1.82, 2.24) is 0 Å². The quantitative estimate of drug-likeness (QED) is 0.810. The van der Waals surface area contributed by atoms with Crippen molar-refractivity contribution in [1.29, 1.82) is 0 Å². The molecule has 19 heavy (non-hydrogen) atoms. The molecule has 0 radical (unpaired) electrons. The van der Waals surface area contributed by atoms with Crippen molar-refractivity contribution >= 4 is 11.4 Å². The van der Waals surface area contributed by atoms with Crippen molar-refractivity contribution in [2.75, 3.05) is 11.1 Å². The van der Waals surface area contributed by atoms with Crippen molar-refractivity contribution in [2.45, 2.75) is 26.8 Å². The summed E-state index contributed by atoms with van der Waals surface area (Å²) in [5.41, 5.74) is 10.0. The first-order chi connectivity index (χ1) is 8.97.